The van der Waals surface area contributed by atoms with Crippen LogP contribution in [0.2, 0.25) is 0 Å². The van der Waals surface area contributed by atoms with Crippen LogP contribution in [0.3, 0.4) is 0 Å². The number of halogens is 1. The summed E-state index contributed by atoms with van der Waals surface area (Å²) < 4.78 is 1.05. The number of hydrogen-bond acceptors (Lipinski definition) is 1. The SMILES string of the molecule is CCC1=C(C)/C(=C/c2ccc(Br)cc2)NC1=O. The number of benzene rings is 1. The Morgan fingerprint density at radius 3 is 2.47 bits per heavy atom. The van der Waals surface area contributed by atoms with E-state index >= 15 is 0 Å². The lowest BCUT2D eigenvalue weighted by molar-refractivity contribution is -0.116. The van der Waals surface area contributed by atoms with Crippen molar-refractivity contribution in [2.75, 3.05) is 0 Å². The van der Waals surface area contributed by atoms with Crippen LogP contribution in [0.15, 0.2) is 45.6 Å². The second-order valence-corrected chi connectivity index (χ2v) is 4.94. The van der Waals surface area contributed by atoms with Crippen LogP contribution in [0, 0.1) is 0 Å². The van der Waals surface area contributed by atoms with E-state index in [0.717, 1.165) is 33.3 Å². The molecule has 1 heterocycles. The second kappa shape index (κ2) is 4.88. The fourth-order valence-electron chi connectivity index (χ4n) is 1.92. The van der Waals surface area contributed by atoms with E-state index in [-0.39, 0.29) is 5.91 Å². The average Bonchev–Trinajstić information content (AvgIpc) is 2.57. The van der Waals surface area contributed by atoms with Crippen LogP contribution < -0.4 is 5.32 Å². The Kier molecular flexibility index (Phi) is 3.48. The van der Waals surface area contributed by atoms with Crippen molar-refractivity contribution in [2.45, 2.75) is 20.3 Å². The lowest BCUT2D eigenvalue weighted by atomic mass is 10.1. The van der Waals surface area contributed by atoms with Crippen LogP contribution >= 0.6 is 15.9 Å². The second-order valence-electron chi connectivity index (χ2n) is 4.02. The molecule has 0 atom stereocenters. The van der Waals surface area contributed by atoms with Gasteiger partial charge in [-0.3, -0.25) is 4.79 Å². The summed E-state index contributed by atoms with van der Waals surface area (Å²) in [7, 11) is 0. The van der Waals surface area contributed by atoms with Gasteiger partial charge in [0.2, 0.25) is 0 Å². The predicted molar refractivity (Wildman–Crippen MR) is 73.3 cm³/mol. The van der Waals surface area contributed by atoms with Crippen LogP contribution in [0.5, 0.6) is 0 Å². The Balaban J connectivity index is 2.33. The number of amides is 1. The van der Waals surface area contributed by atoms with Gasteiger partial charge in [0.15, 0.2) is 0 Å². The van der Waals surface area contributed by atoms with Crippen molar-refractivity contribution < 1.29 is 4.79 Å². The Labute approximate surface area is 110 Å². The van der Waals surface area contributed by atoms with Crippen molar-refractivity contribution in [2.24, 2.45) is 0 Å². The Morgan fingerprint density at radius 1 is 1.29 bits per heavy atom. The maximum Gasteiger partial charge on any atom is 0.251 e. The quantitative estimate of drug-likeness (QED) is 0.885. The highest BCUT2D eigenvalue weighted by molar-refractivity contribution is 9.10. The first-order valence-electron chi connectivity index (χ1n) is 5.60. The molecule has 0 saturated heterocycles. The molecule has 0 bridgehead atoms. The van der Waals surface area contributed by atoms with E-state index in [1.54, 1.807) is 0 Å². The highest BCUT2D eigenvalue weighted by atomic mass is 79.9. The normalized spacial score (nSPS) is 17.8. The molecule has 1 N–H and O–H groups in total. The molecule has 0 saturated carbocycles. The zero-order valence-electron chi connectivity index (χ0n) is 9.88. The van der Waals surface area contributed by atoms with E-state index < -0.39 is 0 Å². The summed E-state index contributed by atoms with van der Waals surface area (Å²) in [6, 6.07) is 8.01. The van der Waals surface area contributed by atoms with Gasteiger partial charge in [0.1, 0.15) is 0 Å². The van der Waals surface area contributed by atoms with Crippen LogP contribution in [-0.4, -0.2) is 5.91 Å². The molecule has 0 spiro atoms. The van der Waals surface area contributed by atoms with Gasteiger partial charge in [0.25, 0.3) is 5.91 Å². The molecule has 1 aromatic rings. The molecule has 3 heteroatoms. The standard InChI is InChI=1S/C14H14BrNO/c1-3-12-9(2)13(16-14(12)17)8-10-4-6-11(15)7-5-10/h4-8H,3H2,1-2H3,(H,16,17)/b13-8-. The van der Waals surface area contributed by atoms with Crippen LogP contribution in [0.25, 0.3) is 6.08 Å². The summed E-state index contributed by atoms with van der Waals surface area (Å²) in [5.74, 6) is 0.0355. The van der Waals surface area contributed by atoms with Crippen LogP contribution in [0.1, 0.15) is 25.8 Å². The molecular weight excluding hydrogens is 278 g/mol. The molecule has 1 aromatic carbocycles. The highest BCUT2D eigenvalue weighted by Gasteiger charge is 2.21. The Morgan fingerprint density at radius 2 is 1.94 bits per heavy atom. The minimum Gasteiger partial charge on any atom is -0.322 e. The van der Waals surface area contributed by atoms with Crippen molar-refractivity contribution in [1.82, 2.24) is 5.32 Å². The van der Waals surface area contributed by atoms with Crippen molar-refractivity contribution >= 4 is 27.9 Å². The monoisotopic (exact) mass is 291 g/mol. The molecule has 2 rings (SSSR count). The molecule has 1 aliphatic rings. The fraction of sp³-hybridized carbons (Fsp3) is 0.214. The van der Waals surface area contributed by atoms with Gasteiger partial charge in [0.05, 0.1) is 0 Å². The third-order valence-corrected chi connectivity index (χ3v) is 3.44. The van der Waals surface area contributed by atoms with E-state index in [1.165, 1.54) is 0 Å². The molecule has 0 aromatic heterocycles. The van der Waals surface area contributed by atoms with Crippen LogP contribution in [0.4, 0.5) is 0 Å². The smallest absolute Gasteiger partial charge is 0.251 e. The molecule has 88 valence electrons. The van der Waals surface area contributed by atoms with Crippen molar-refractivity contribution in [1.29, 1.82) is 0 Å². The molecule has 0 fully saturated rings. The maximum atomic E-state index is 11.7. The summed E-state index contributed by atoms with van der Waals surface area (Å²) >= 11 is 3.40. The van der Waals surface area contributed by atoms with E-state index in [1.807, 2.05) is 44.2 Å². The van der Waals surface area contributed by atoms with Crippen molar-refractivity contribution in [3.63, 3.8) is 0 Å². The average molecular weight is 292 g/mol. The zero-order valence-corrected chi connectivity index (χ0v) is 11.5. The first kappa shape index (κ1) is 12.1. The maximum absolute atomic E-state index is 11.7. The molecule has 0 aliphatic carbocycles. The molecule has 0 unspecified atom stereocenters. The molecular formula is C14H14BrNO. The topological polar surface area (TPSA) is 29.1 Å². The Bertz CT molecular complexity index is 512. The number of carbonyl (C=O) groups excluding carboxylic acids is 1. The third-order valence-electron chi connectivity index (χ3n) is 2.91. The molecule has 1 amide bonds. The summed E-state index contributed by atoms with van der Waals surface area (Å²) in [5, 5.41) is 2.90. The van der Waals surface area contributed by atoms with E-state index in [2.05, 4.69) is 21.2 Å². The minimum atomic E-state index is 0.0355. The third kappa shape index (κ3) is 2.50. The number of carbonyl (C=O) groups is 1. The summed E-state index contributed by atoms with van der Waals surface area (Å²) in [6.45, 7) is 3.99. The predicted octanol–water partition coefficient (Wildman–Crippen LogP) is 3.65. The van der Waals surface area contributed by atoms with Gasteiger partial charge in [-0.1, -0.05) is 35.0 Å². The number of allylic oxidation sites excluding steroid dienone is 1. The number of rotatable bonds is 2. The summed E-state index contributed by atoms with van der Waals surface area (Å²) in [6.07, 6.45) is 2.78. The molecule has 1 aliphatic heterocycles. The first-order chi connectivity index (χ1) is 8.11. The van der Waals surface area contributed by atoms with Gasteiger partial charge in [0, 0.05) is 15.7 Å². The van der Waals surface area contributed by atoms with Gasteiger partial charge in [-0.25, -0.2) is 0 Å². The molecule has 17 heavy (non-hydrogen) atoms. The van der Waals surface area contributed by atoms with Gasteiger partial charge in [-0.15, -0.1) is 0 Å². The van der Waals surface area contributed by atoms with E-state index in [9.17, 15) is 4.79 Å². The van der Waals surface area contributed by atoms with Gasteiger partial charge in [-0.05, 0) is 42.7 Å². The Hall–Kier alpha value is -1.35. The van der Waals surface area contributed by atoms with Crippen LogP contribution in [-0.2, 0) is 4.79 Å². The van der Waals surface area contributed by atoms with E-state index in [4.69, 9.17) is 0 Å². The molecule has 0 radical (unpaired) electrons. The number of nitrogens with one attached hydrogen (secondary N) is 1. The summed E-state index contributed by atoms with van der Waals surface area (Å²) in [4.78, 5) is 11.7. The lowest BCUT2D eigenvalue weighted by Crippen LogP contribution is -2.15. The van der Waals surface area contributed by atoms with Crippen molar-refractivity contribution in [3.8, 4) is 0 Å². The largest absolute Gasteiger partial charge is 0.322 e. The van der Waals surface area contributed by atoms with Crippen molar-refractivity contribution in [3.05, 3.63) is 51.1 Å². The highest BCUT2D eigenvalue weighted by Crippen LogP contribution is 2.24. The van der Waals surface area contributed by atoms with Gasteiger partial charge in [-0.2, -0.15) is 0 Å². The number of hydrogen-bond donors (Lipinski definition) is 1. The molecule has 2 nitrogen and oxygen atoms in total. The van der Waals surface area contributed by atoms with E-state index in [0.29, 0.717) is 0 Å². The zero-order chi connectivity index (χ0) is 12.4. The lowest BCUT2D eigenvalue weighted by Gasteiger charge is -2.01. The minimum absolute atomic E-state index is 0.0355. The first-order valence-corrected chi connectivity index (χ1v) is 6.40. The van der Waals surface area contributed by atoms with Gasteiger partial charge >= 0.3 is 0 Å². The van der Waals surface area contributed by atoms with Gasteiger partial charge < -0.3 is 5.32 Å². The summed E-state index contributed by atoms with van der Waals surface area (Å²) in [5.41, 5.74) is 3.93. The fourth-order valence-corrected chi connectivity index (χ4v) is 2.18.